The first-order valence-corrected chi connectivity index (χ1v) is 5.13. The molecule has 0 aliphatic heterocycles. The number of primary sulfonamides is 1. The van der Waals surface area contributed by atoms with Gasteiger partial charge in [-0.25, -0.2) is 13.6 Å². The van der Waals surface area contributed by atoms with Gasteiger partial charge in [0.15, 0.2) is 0 Å². The predicted octanol–water partition coefficient (Wildman–Crippen LogP) is 0.876. The summed E-state index contributed by atoms with van der Waals surface area (Å²) in [5, 5.41) is 4.46. The lowest BCUT2D eigenvalue weighted by Gasteiger charge is -2.15. The molecule has 0 aromatic carbocycles. The minimum Gasteiger partial charge on any atom is -0.228 e. The highest BCUT2D eigenvalue weighted by Gasteiger charge is 2.21. The van der Waals surface area contributed by atoms with Crippen molar-refractivity contribution in [2.24, 2.45) is 11.1 Å². The Labute approximate surface area is 68.3 Å². The van der Waals surface area contributed by atoms with Gasteiger partial charge in [0.2, 0.25) is 10.0 Å². The summed E-state index contributed by atoms with van der Waals surface area (Å²) < 4.78 is 21.6. The second-order valence-corrected chi connectivity index (χ2v) is 4.72. The van der Waals surface area contributed by atoms with Crippen LogP contribution in [0.25, 0.3) is 0 Å². The van der Waals surface area contributed by atoms with E-state index in [9.17, 15) is 8.42 Å². The third kappa shape index (κ3) is 3.53. The molecule has 2 atom stereocenters. The van der Waals surface area contributed by atoms with Crippen LogP contribution < -0.4 is 5.14 Å². The molecule has 0 heterocycles. The lowest BCUT2D eigenvalue weighted by Crippen LogP contribution is -2.31. The average molecular weight is 177 g/mol. The van der Waals surface area contributed by atoms with Gasteiger partial charge >= 0.3 is 0 Å². The van der Waals surface area contributed by atoms with E-state index in [0.717, 1.165) is 0 Å². The van der Waals surface area contributed by atoms with Gasteiger partial charge in [-0.15, -0.1) is 6.58 Å². The number of hydrogen-bond acceptors (Lipinski definition) is 2. The Morgan fingerprint density at radius 2 is 2.00 bits per heavy atom. The van der Waals surface area contributed by atoms with Gasteiger partial charge in [-0.1, -0.05) is 13.0 Å². The summed E-state index contributed by atoms with van der Waals surface area (Å²) in [6, 6.07) is 0. The number of nitrogens with two attached hydrogens (primary N) is 1. The first kappa shape index (κ1) is 10.7. The highest BCUT2D eigenvalue weighted by Crippen LogP contribution is 2.13. The quantitative estimate of drug-likeness (QED) is 0.648. The largest absolute Gasteiger partial charge is 0.228 e. The lowest BCUT2D eigenvalue weighted by atomic mass is 10.1. The summed E-state index contributed by atoms with van der Waals surface area (Å²) in [5.74, 6) is 0.0440. The van der Waals surface area contributed by atoms with E-state index >= 15 is 0 Å². The standard InChI is InChI=1S/C7H15NO2S/c1-4-5-6(2)7(3)11(8,9)10/h4,6-7H,1,5H2,2-3H3,(H2,8,9,10). The minimum atomic E-state index is -3.37. The summed E-state index contributed by atoms with van der Waals surface area (Å²) in [5.41, 5.74) is 0. The third-order valence-electron chi connectivity index (χ3n) is 1.86. The van der Waals surface area contributed by atoms with E-state index < -0.39 is 15.3 Å². The van der Waals surface area contributed by atoms with Crippen LogP contribution in [0.3, 0.4) is 0 Å². The molecule has 0 rings (SSSR count). The fourth-order valence-electron chi connectivity index (χ4n) is 0.778. The number of rotatable bonds is 4. The molecule has 0 radical (unpaired) electrons. The monoisotopic (exact) mass is 177 g/mol. The molecule has 0 aromatic rings. The molecule has 11 heavy (non-hydrogen) atoms. The second-order valence-electron chi connectivity index (χ2n) is 2.80. The van der Waals surface area contributed by atoms with E-state index in [4.69, 9.17) is 5.14 Å². The molecule has 0 aliphatic carbocycles. The maximum atomic E-state index is 10.8. The normalized spacial score (nSPS) is 17.4. The molecule has 0 aliphatic rings. The molecular formula is C7H15NO2S. The summed E-state index contributed by atoms with van der Waals surface area (Å²) in [6.45, 7) is 6.99. The van der Waals surface area contributed by atoms with Gasteiger partial charge in [0.1, 0.15) is 0 Å². The van der Waals surface area contributed by atoms with Crippen molar-refractivity contribution in [1.29, 1.82) is 0 Å². The van der Waals surface area contributed by atoms with Crippen LogP contribution in [0, 0.1) is 5.92 Å². The van der Waals surface area contributed by atoms with Crippen LogP contribution in [0.4, 0.5) is 0 Å². The van der Waals surface area contributed by atoms with Crippen LogP contribution in [-0.4, -0.2) is 13.7 Å². The molecule has 3 nitrogen and oxygen atoms in total. The zero-order valence-electron chi connectivity index (χ0n) is 6.95. The van der Waals surface area contributed by atoms with Crippen molar-refractivity contribution in [3.05, 3.63) is 12.7 Å². The van der Waals surface area contributed by atoms with Crippen LogP contribution in [-0.2, 0) is 10.0 Å². The molecule has 0 aromatic heterocycles. The lowest BCUT2D eigenvalue weighted by molar-refractivity contribution is 0.526. The molecule has 0 saturated carbocycles. The van der Waals surface area contributed by atoms with Gasteiger partial charge in [0.05, 0.1) is 5.25 Å². The third-order valence-corrected chi connectivity index (χ3v) is 3.36. The zero-order chi connectivity index (χ0) is 9.07. The van der Waals surface area contributed by atoms with E-state index in [1.54, 1.807) is 13.0 Å². The van der Waals surface area contributed by atoms with Crippen molar-refractivity contribution in [1.82, 2.24) is 0 Å². The molecule has 2 unspecified atom stereocenters. The van der Waals surface area contributed by atoms with E-state index in [1.165, 1.54) is 0 Å². The SMILES string of the molecule is C=CCC(C)C(C)S(N)(=O)=O. The van der Waals surface area contributed by atoms with Gasteiger partial charge in [-0.3, -0.25) is 0 Å². The molecular weight excluding hydrogens is 162 g/mol. The van der Waals surface area contributed by atoms with Crippen LogP contribution in [0.1, 0.15) is 20.3 Å². The molecule has 0 spiro atoms. The van der Waals surface area contributed by atoms with Gasteiger partial charge in [-0.05, 0) is 19.3 Å². The van der Waals surface area contributed by atoms with E-state index in [1.807, 2.05) is 6.92 Å². The maximum absolute atomic E-state index is 10.8. The van der Waals surface area contributed by atoms with Crippen molar-refractivity contribution in [3.8, 4) is 0 Å². The number of hydrogen-bond donors (Lipinski definition) is 1. The van der Waals surface area contributed by atoms with Gasteiger partial charge < -0.3 is 0 Å². The highest BCUT2D eigenvalue weighted by atomic mass is 32.2. The first-order chi connectivity index (χ1) is 4.89. The topological polar surface area (TPSA) is 60.2 Å². The Kier molecular flexibility index (Phi) is 3.75. The second kappa shape index (κ2) is 3.88. The minimum absolute atomic E-state index is 0.0440. The van der Waals surface area contributed by atoms with Crippen molar-refractivity contribution in [3.63, 3.8) is 0 Å². The molecule has 2 N–H and O–H groups in total. The van der Waals surface area contributed by atoms with Crippen molar-refractivity contribution < 1.29 is 8.42 Å². The van der Waals surface area contributed by atoms with E-state index in [-0.39, 0.29) is 5.92 Å². The highest BCUT2D eigenvalue weighted by molar-refractivity contribution is 7.89. The van der Waals surface area contributed by atoms with Crippen LogP contribution in [0.5, 0.6) is 0 Å². The fraction of sp³-hybridized carbons (Fsp3) is 0.714. The molecule has 66 valence electrons. The molecule has 0 fully saturated rings. The Morgan fingerprint density at radius 3 is 2.27 bits per heavy atom. The molecule has 4 heteroatoms. The average Bonchev–Trinajstić information content (AvgIpc) is 1.85. The molecule has 0 amide bonds. The Hall–Kier alpha value is -0.350. The van der Waals surface area contributed by atoms with Crippen LogP contribution in [0.2, 0.25) is 0 Å². The Balaban J connectivity index is 4.25. The Morgan fingerprint density at radius 1 is 1.55 bits per heavy atom. The first-order valence-electron chi connectivity index (χ1n) is 3.52. The van der Waals surface area contributed by atoms with Crippen LogP contribution >= 0.6 is 0 Å². The summed E-state index contributed by atoms with van der Waals surface area (Å²) in [4.78, 5) is 0. The predicted molar refractivity (Wildman–Crippen MR) is 46.5 cm³/mol. The molecule has 0 saturated heterocycles. The van der Waals surface area contributed by atoms with Gasteiger partial charge in [0.25, 0.3) is 0 Å². The van der Waals surface area contributed by atoms with Crippen molar-refractivity contribution in [2.75, 3.05) is 0 Å². The fourth-order valence-corrected chi connectivity index (χ4v) is 1.54. The number of allylic oxidation sites excluding steroid dienone is 1. The molecule has 0 bridgehead atoms. The van der Waals surface area contributed by atoms with Gasteiger partial charge in [0, 0.05) is 0 Å². The van der Waals surface area contributed by atoms with Crippen molar-refractivity contribution >= 4 is 10.0 Å². The summed E-state index contributed by atoms with van der Waals surface area (Å²) in [6.07, 6.45) is 2.38. The smallest absolute Gasteiger partial charge is 0.211 e. The maximum Gasteiger partial charge on any atom is 0.211 e. The van der Waals surface area contributed by atoms with E-state index in [0.29, 0.717) is 6.42 Å². The summed E-state index contributed by atoms with van der Waals surface area (Å²) >= 11 is 0. The van der Waals surface area contributed by atoms with Crippen molar-refractivity contribution in [2.45, 2.75) is 25.5 Å². The van der Waals surface area contributed by atoms with E-state index in [2.05, 4.69) is 6.58 Å². The van der Waals surface area contributed by atoms with Crippen LogP contribution in [0.15, 0.2) is 12.7 Å². The van der Waals surface area contributed by atoms with Gasteiger partial charge in [-0.2, -0.15) is 0 Å². The number of sulfonamides is 1. The zero-order valence-corrected chi connectivity index (χ0v) is 7.76. The summed E-state index contributed by atoms with van der Waals surface area (Å²) in [7, 11) is -3.37. The Bertz CT molecular complexity index is 221.